The van der Waals surface area contributed by atoms with Gasteiger partial charge in [-0.3, -0.25) is 29.1 Å². The third kappa shape index (κ3) is 18.8. The highest BCUT2D eigenvalue weighted by atomic mass is 19.1. The molecule has 0 atom stereocenters. The number of carbonyl (C=O) groups excluding carboxylic acids is 3. The molecule has 0 saturated carbocycles. The number of ether oxygens (including phenoxy) is 3. The molecule has 9 aromatic carbocycles. The number of nitrogens with zero attached hydrogens (tertiary/aromatic N) is 12. The van der Waals surface area contributed by atoms with Gasteiger partial charge in [-0.05, 0) is 208 Å². The van der Waals surface area contributed by atoms with Gasteiger partial charge in [-0.25, -0.2) is 4.39 Å². The van der Waals surface area contributed by atoms with Crippen molar-refractivity contribution in [2.75, 3.05) is 174 Å². The van der Waals surface area contributed by atoms with Crippen LogP contribution in [0.25, 0.3) is 65.4 Å². The van der Waals surface area contributed by atoms with Gasteiger partial charge in [0.25, 0.3) is 17.7 Å². The predicted molar refractivity (Wildman–Crippen MR) is 448 cm³/mol. The summed E-state index contributed by atoms with van der Waals surface area (Å²) in [6, 6.07) is 65.7. The summed E-state index contributed by atoms with van der Waals surface area (Å²) in [6.45, 7) is 18.8. The van der Waals surface area contributed by atoms with Crippen molar-refractivity contribution in [1.82, 2.24) is 57.8 Å². The Bertz CT molecular complexity index is 5190. The van der Waals surface area contributed by atoms with Crippen LogP contribution in [0.15, 0.2) is 194 Å². The molecule has 3 fully saturated rings. The monoisotopic (exact) mass is 1500 g/mol. The molecule has 0 spiro atoms. The van der Waals surface area contributed by atoms with E-state index in [9.17, 15) is 18.8 Å². The van der Waals surface area contributed by atoms with Crippen LogP contribution >= 0.6 is 0 Å². The lowest BCUT2D eigenvalue weighted by Crippen LogP contribution is -2.49. The van der Waals surface area contributed by atoms with Gasteiger partial charge in [-0.1, -0.05) is 103 Å². The Kier molecular flexibility index (Phi) is 25.4. The maximum atomic E-state index is 13.5. The summed E-state index contributed by atoms with van der Waals surface area (Å²) >= 11 is 0. The number of aromatic nitrogens is 3. The molecule has 19 heteroatoms. The van der Waals surface area contributed by atoms with Crippen molar-refractivity contribution >= 4 is 83.1 Å². The van der Waals surface area contributed by atoms with Crippen molar-refractivity contribution in [2.45, 2.75) is 58.2 Å². The van der Waals surface area contributed by atoms with Gasteiger partial charge in [0, 0.05) is 200 Å². The van der Waals surface area contributed by atoms with Crippen molar-refractivity contribution in [3.05, 3.63) is 233 Å². The van der Waals surface area contributed by atoms with Gasteiger partial charge in [0.1, 0.15) is 11.6 Å². The number of carbonyl (C=O) groups is 3. The number of para-hydroxylation sites is 3. The Balaban J connectivity index is 0.000000139. The van der Waals surface area contributed by atoms with Crippen molar-refractivity contribution in [1.29, 1.82) is 0 Å². The third-order valence-corrected chi connectivity index (χ3v) is 22.6. The molecular weight excluding hydrogens is 1390 g/mol. The second kappa shape index (κ2) is 36.4. The van der Waals surface area contributed by atoms with Gasteiger partial charge in [0.2, 0.25) is 6.79 Å². The Labute approximate surface area is 653 Å². The van der Waals surface area contributed by atoms with Crippen LogP contribution in [0.3, 0.4) is 0 Å². The first-order chi connectivity index (χ1) is 54.1. The zero-order chi connectivity index (χ0) is 76.9. The number of hydrogen-bond donors (Lipinski definition) is 0. The number of methoxy groups -OCH3 is 1. The number of benzene rings is 9. The Hall–Kier alpha value is -10.1. The summed E-state index contributed by atoms with van der Waals surface area (Å²) in [5.41, 5.74) is 13.0. The van der Waals surface area contributed by atoms with Gasteiger partial charge in [0.05, 0.1) is 7.11 Å². The number of amides is 3. The first-order valence-corrected chi connectivity index (χ1v) is 39.9. The topological polar surface area (TPSA) is 123 Å². The normalized spacial score (nSPS) is 15.1. The highest BCUT2D eigenvalue weighted by molar-refractivity contribution is 6.12. The highest BCUT2D eigenvalue weighted by Gasteiger charge is 2.28. The van der Waals surface area contributed by atoms with E-state index in [0.29, 0.717) is 19.9 Å². The van der Waals surface area contributed by atoms with Gasteiger partial charge in [-0.2, -0.15) is 0 Å². The fraction of sp³-hybridized carbons (Fsp3) is 0.380. The molecule has 3 amide bonds. The smallest absolute Gasteiger partial charge is 0.254 e. The molecule has 0 bridgehead atoms. The Morgan fingerprint density at radius 2 is 0.703 bits per heavy atom. The van der Waals surface area contributed by atoms with Crippen molar-refractivity contribution < 1.29 is 33.0 Å². The van der Waals surface area contributed by atoms with Gasteiger partial charge in [0.15, 0.2) is 11.5 Å². The van der Waals surface area contributed by atoms with Crippen LogP contribution in [0.2, 0.25) is 0 Å². The van der Waals surface area contributed by atoms with E-state index in [2.05, 4.69) is 219 Å². The molecule has 4 aliphatic heterocycles. The van der Waals surface area contributed by atoms with Crippen LogP contribution in [0.5, 0.6) is 17.2 Å². The number of halogens is 1. The van der Waals surface area contributed by atoms with Crippen LogP contribution in [-0.4, -0.2) is 250 Å². The molecule has 18 nitrogen and oxygen atoms in total. The minimum absolute atomic E-state index is 0.103. The first-order valence-electron chi connectivity index (χ1n) is 39.9. The Morgan fingerprint density at radius 3 is 1.08 bits per heavy atom. The molecule has 0 N–H and O–H groups in total. The summed E-state index contributed by atoms with van der Waals surface area (Å²) in [7, 11) is 14.4. The molecule has 3 aromatic heterocycles. The third-order valence-electron chi connectivity index (χ3n) is 22.6. The van der Waals surface area contributed by atoms with Crippen LogP contribution in [0.1, 0.15) is 67.0 Å². The molecule has 0 aliphatic carbocycles. The second-order valence-corrected chi connectivity index (χ2v) is 31.0. The lowest BCUT2D eigenvalue weighted by molar-refractivity contribution is 0.0632. The van der Waals surface area contributed by atoms with Gasteiger partial charge < -0.3 is 57.3 Å². The number of aryl methyl sites for hydroxylation is 3. The minimum Gasteiger partial charge on any atom is -0.497 e. The molecule has 16 rings (SSSR count). The average molecular weight is 1500 g/mol. The van der Waals surface area contributed by atoms with E-state index >= 15 is 0 Å². The summed E-state index contributed by atoms with van der Waals surface area (Å²) < 4.78 is 36.9. The fourth-order valence-electron chi connectivity index (χ4n) is 16.5. The predicted octanol–water partition coefficient (Wildman–Crippen LogP) is 14.1. The van der Waals surface area contributed by atoms with E-state index in [-0.39, 0.29) is 23.5 Å². The maximum Gasteiger partial charge on any atom is 0.254 e. The van der Waals surface area contributed by atoms with E-state index in [1.807, 2.05) is 57.2 Å². The zero-order valence-corrected chi connectivity index (χ0v) is 66.0. The van der Waals surface area contributed by atoms with Crippen LogP contribution in [0, 0.1) is 5.82 Å². The SMILES string of the molecule is CN(C)CCCn1c2ccccc2c2ccc(C(=O)N3CCN(CCc4ccc5c(c4)OCO5)CC3)cc21.CN(C)CCCn1c2ccccc2c2ccc(C(=O)N3CCN(CCc4cccc(F)c4)CC3)cc21.COc1cccc(CCN2CCN(C(=O)c3ccc4c5ccccc5n(CCCN(C)C)c4c3)CC2)c1. The van der Waals surface area contributed by atoms with Crippen LogP contribution < -0.4 is 14.2 Å². The van der Waals surface area contributed by atoms with E-state index in [1.54, 1.807) is 19.2 Å². The number of piperazine rings is 3. The fourth-order valence-corrected chi connectivity index (χ4v) is 16.5. The highest BCUT2D eigenvalue weighted by Crippen LogP contribution is 2.36. The van der Waals surface area contributed by atoms with E-state index in [0.717, 1.165) is 219 Å². The van der Waals surface area contributed by atoms with Gasteiger partial charge in [-0.15, -0.1) is 0 Å². The zero-order valence-electron chi connectivity index (χ0n) is 66.0. The molecule has 580 valence electrons. The number of rotatable bonds is 25. The molecule has 3 saturated heterocycles. The molecule has 12 aromatic rings. The molecule has 111 heavy (non-hydrogen) atoms. The minimum atomic E-state index is -0.184. The summed E-state index contributed by atoms with van der Waals surface area (Å²) in [5.74, 6) is 2.76. The molecule has 7 heterocycles. The van der Waals surface area contributed by atoms with Crippen LogP contribution in [-0.2, 0) is 38.9 Å². The van der Waals surface area contributed by atoms with E-state index < -0.39 is 0 Å². The number of fused-ring (bicyclic) bond motifs is 10. The van der Waals surface area contributed by atoms with Crippen molar-refractivity contribution in [3.63, 3.8) is 0 Å². The number of hydrogen-bond acceptors (Lipinski definition) is 12. The average Bonchev–Trinajstić information content (AvgIpc) is 1.61. The van der Waals surface area contributed by atoms with E-state index in [4.69, 9.17) is 14.2 Å². The Morgan fingerprint density at radius 1 is 0.351 bits per heavy atom. The summed E-state index contributed by atoms with van der Waals surface area (Å²) in [5, 5.41) is 7.39. The molecule has 4 aliphatic rings. The van der Waals surface area contributed by atoms with Crippen LogP contribution in [0.4, 0.5) is 4.39 Å². The molecule has 0 radical (unpaired) electrons. The summed E-state index contributed by atoms with van der Waals surface area (Å²) in [6.07, 6.45) is 5.95. The van der Waals surface area contributed by atoms with Crippen molar-refractivity contribution in [2.24, 2.45) is 0 Å². The molecule has 0 unspecified atom stereocenters. The first kappa shape index (κ1) is 77.6. The lowest BCUT2D eigenvalue weighted by atomic mass is 10.1. The second-order valence-electron chi connectivity index (χ2n) is 31.0. The molecular formula is C92H109FN12O6. The summed E-state index contributed by atoms with van der Waals surface area (Å²) in [4.78, 5) is 60.4. The largest absolute Gasteiger partial charge is 0.497 e. The van der Waals surface area contributed by atoms with E-state index in [1.165, 1.54) is 66.1 Å². The standard InChI is InChI=1S/C31H36N4O3.C31H38N4O2.C30H35FN4O/c1-32(2)13-5-14-35-27-7-4-3-6-25(27)26-10-9-24(21-28(26)35)31(36)34-18-16-33(17-19-34)15-12-23-8-11-29-30(20-23)38-22-37-29;1-32(2)15-7-16-35-29-11-5-4-10-27(29)28-13-12-25(23-30(28)35)31(36)34-20-18-33(19-21-34)17-14-24-8-6-9-26(22-24)37-3;1-32(2)14-6-15-35-28-10-4-3-9-26(28)27-12-11-24(22-29(27)35)30(36)34-19-17-33(18-20-34)16-13-23-7-5-8-25(31)21-23/h3-4,6-11,20-21H,5,12-19,22H2,1-2H3;4-6,8-13,22-23H,7,14-21H2,1-3H3;3-5,7-12,21-22H,6,13-20H2,1-2H3. The lowest BCUT2D eigenvalue weighted by Gasteiger charge is -2.34. The van der Waals surface area contributed by atoms with Crippen molar-refractivity contribution in [3.8, 4) is 17.2 Å². The quantitative estimate of drug-likeness (QED) is 0.0541. The maximum absolute atomic E-state index is 13.5. The van der Waals surface area contributed by atoms with Gasteiger partial charge >= 0.3 is 0 Å².